The van der Waals surface area contributed by atoms with E-state index >= 15 is 0 Å². The third-order valence-electron chi connectivity index (χ3n) is 9.99. The monoisotopic (exact) mass is 657 g/mol. The van der Waals surface area contributed by atoms with Crippen molar-refractivity contribution in [2.45, 2.75) is 88.0 Å². The quantitative estimate of drug-likeness (QED) is 0.281. The Bertz CT molecular complexity index is 1270. The van der Waals surface area contributed by atoms with E-state index in [9.17, 15) is 31.1 Å². The molecule has 1 atom stereocenters. The molecule has 1 amide bonds. The molecule has 2 aromatic carbocycles. The van der Waals surface area contributed by atoms with Crippen LogP contribution in [0.5, 0.6) is 0 Å². The van der Waals surface area contributed by atoms with Crippen molar-refractivity contribution in [1.29, 1.82) is 0 Å². The van der Waals surface area contributed by atoms with Gasteiger partial charge in [-0.3, -0.25) is 4.79 Å². The van der Waals surface area contributed by atoms with E-state index in [1.807, 2.05) is 18.2 Å². The summed E-state index contributed by atoms with van der Waals surface area (Å²) in [7, 11) is 0. The Hall–Kier alpha value is -2.30. The summed E-state index contributed by atoms with van der Waals surface area (Å²) in [4.78, 5) is 20.4. The van der Waals surface area contributed by atoms with Gasteiger partial charge in [0.25, 0.3) is 0 Å². The van der Waals surface area contributed by atoms with Crippen LogP contribution in [-0.2, 0) is 29.0 Å². The number of benzene rings is 2. The molecule has 0 N–H and O–H groups in total. The second kappa shape index (κ2) is 14.2. The zero-order valence-corrected chi connectivity index (χ0v) is 26.3. The Morgan fingerprint density at radius 1 is 0.822 bits per heavy atom. The van der Waals surface area contributed by atoms with Crippen molar-refractivity contribution in [3.63, 3.8) is 0 Å². The maximum absolute atomic E-state index is 13.6. The first-order chi connectivity index (χ1) is 21.3. The average molecular weight is 658 g/mol. The zero-order chi connectivity index (χ0) is 32.2. The van der Waals surface area contributed by atoms with Gasteiger partial charge in [-0.05, 0) is 119 Å². The van der Waals surface area contributed by atoms with E-state index in [-0.39, 0.29) is 11.6 Å². The molecule has 3 aliphatic heterocycles. The first-order valence-corrected chi connectivity index (χ1v) is 16.5. The lowest BCUT2D eigenvalue weighted by molar-refractivity contribution is -0.143. The van der Waals surface area contributed by atoms with Gasteiger partial charge in [0.15, 0.2) is 0 Å². The summed E-state index contributed by atoms with van der Waals surface area (Å²) < 4.78 is 80.9. The molecule has 0 spiro atoms. The molecule has 2 aromatic rings. The maximum atomic E-state index is 13.6. The van der Waals surface area contributed by atoms with Gasteiger partial charge in [-0.2, -0.15) is 26.3 Å². The van der Waals surface area contributed by atoms with E-state index in [0.717, 1.165) is 57.3 Å². The molecule has 45 heavy (non-hydrogen) atoms. The highest BCUT2D eigenvalue weighted by Gasteiger charge is 2.40. The number of likely N-dealkylation sites (tertiary alicyclic amines) is 3. The van der Waals surface area contributed by atoms with Crippen LogP contribution < -0.4 is 0 Å². The zero-order valence-electron chi connectivity index (χ0n) is 25.5. The number of halogens is 7. The fourth-order valence-corrected chi connectivity index (χ4v) is 7.67. The van der Waals surface area contributed by atoms with Gasteiger partial charge in [0.2, 0.25) is 5.91 Å². The van der Waals surface area contributed by atoms with Crippen LogP contribution in [0.4, 0.5) is 26.3 Å². The fourth-order valence-electron chi connectivity index (χ4n) is 7.48. The van der Waals surface area contributed by atoms with Gasteiger partial charge in [0, 0.05) is 29.6 Å². The van der Waals surface area contributed by atoms with E-state index in [4.69, 9.17) is 11.6 Å². The van der Waals surface area contributed by atoms with Crippen LogP contribution in [0, 0.1) is 0 Å². The van der Waals surface area contributed by atoms with E-state index in [1.54, 1.807) is 11.0 Å². The molecule has 248 valence electrons. The summed E-state index contributed by atoms with van der Waals surface area (Å²) in [5, 5.41) is 0.583. The molecular weight excluding hydrogens is 616 g/mol. The number of carbonyl (C=O) groups excluding carboxylic acids is 1. The topological polar surface area (TPSA) is 26.8 Å². The van der Waals surface area contributed by atoms with E-state index in [1.165, 1.54) is 32.4 Å². The van der Waals surface area contributed by atoms with Crippen molar-refractivity contribution < 1.29 is 31.1 Å². The molecule has 0 radical (unpaired) electrons. The van der Waals surface area contributed by atoms with Gasteiger partial charge >= 0.3 is 12.4 Å². The largest absolute Gasteiger partial charge is 0.416 e. The standard InChI is InChI=1S/C34H42ClF6N3O/c35-29-8-6-7-26(23-29)32(12-18-42-16-9-30(10-17-42)43-13-3-1-4-14-43)11-2-5-15-44(24-32)31(45)21-25-19-27(33(36,37)38)22-28(20-25)34(39,40)41/h6-8,19-20,22-23,30H,1-5,9-18,21,24H2/t32-/m0/s1. The predicted octanol–water partition coefficient (Wildman–Crippen LogP) is 8.21. The second-order valence-electron chi connectivity index (χ2n) is 13.1. The van der Waals surface area contributed by atoms with Gasteiger partial charge < -0.3 is 14.7 Å². The lowest BCUT2D eigenvalue weighted by atomic mass is 9.73. The number of amides is 1. The van der Waals surface area contributed by atoms with Gasteiger partial charge in [0.1, 0.15) is 0 Å². The minimum Gasteiger partial charge on any atom is -0.342 e. The second-order valence-corrected chi connectivity index (χ2v) is 13.5. The van der Waals surface area contributed by atoms with Crippen molar-refractivity contribution in [3.8, 4) is 0 Å². The Labute approximate surface area is 266 Å². The first kappa shape index (κ1) is 34.0. The number of alkyl halides is 6. The molecule has 0 aromatic heterocycles. The molecular formula is C34H42ClF6N3O. The number of nitrogens with zero attached hydrogens (tertiary/aromatic N) is 3. The van der Waals surface area contributed by atoms with Crippen molar-refractivity contribution in [1.82, 2.24) is 14.7 Å². The lowest BCUT2D eigenvalue weighted by Gasteiger charge is -2.42. The molecule has 0 unspecified atom stereocenters. The van der Waals surface area contributed by atoms with Crippen LogP contribution in [0.1, 0.15) is 80.0 Å². The van der Waals surface area contributed by atoms with Crippen molar-refractivity contribution in [3.05, 3.63) is 69.7 Å². The third-order valence-corrected chi connectivity index (χ3v) is 10.2. The lowest BCUT2D eigenvalue weighted by Crippen LogP contribution is -2.48. The summed E-state index contributed by atoms with van der Waals surface area (Å²) >= 11 is 6.44. The van der Waals surface area contributed by atoms with Crippen LogP contribution >= 0.6 is 11.6 Å². The highest BCUT2D eigenvalue weighted by Crippen LogP contribution is 2.40. The van der Waals surface area contributed by atoms with Crippen molar-refractivity contribution >= 4 is 17.5 Å². The minimum absolute atomic E-state index is 0.0966. The maximum Gasteiger partial charge on any atom is 0.416 e. The Morgan fingerprint density at radius 3 is 2.09 bits per heavy atom. The van der Waals surface area contributed by atoms with E-state index < -0.39 is 41.2 Å². The molecule has 3 aliphatic rings. The SMILES string of the molecule is O=C(Cc1cc(C(F)(F)F)cc(C(F)(F)F)c1)N1CCCC[C@@](CCN2CCC(N3CCCCC3)CC2)(c2cccc(Cl)c2)C1. The smallest absolute Gasteiger partial charge is 0.342 e. The molecule has 0 bridgehead atoms. The molecule has 3 fully saturated rings. The summed E-state index contributed by atoms with van der Waals surface area (Å²) in [6.07, 6.45) is -1.23. The Morgan fingerprint density at radius 2 is 1.47 bits per heavy atom. The number of carbonyl (C=O) groups is 1. The Kier molecular flexibility index (Phi) is 10.8. The molecule has 5 rings (SSSR count). The van der Waals surface area contributed by atoms with Crippen LogP contribution in [0.2, 0.25) is 5.02 Å². The highest BCUT2D eigenvalue weighted by atomic mass is 35.5. The Balaban J connectivity index is 1.33. The molecule has 0 saturated carbocycles. The average Bonchev–Trinajstić information content (AvgIpc) is 3.24. The molecule has 0 aliphatic carbocycles. The fraction of sp³-hybridized carbons (Fsp3) is 0.618. The van der Waals surface area contributed by atoms with Crippen LogP contribution in [-0.4, -0.2) is 72.5 Å². The molecule has 3 heterocycles. The highest BCUT2D eigenvalue weighted by molar-refractivity contribution is 6.30. The van der Waals surface area contributed by atoms with Crippen molar-refractivity contribution in [2.75, 3.05) is 45.8 Å². The number of piperidine rings is 2. The van der Waals surface area contributed by atoms with Gasteiger partial charge in [-0.25, -0.2) is 0 Å². The van der Waals surface area contributed by atoms with Crippen molar-refractivity contribution in [2.24, 2.45) is 0 Å². The van der Waals surface area contributed by atoms with Gasteiger partial charge in [-0.1, -0.05) is 36.6 Å². The summed E-state index contributed by atoms with van der Waals surface area (Å²) in [6.45, 7) is 5.95. The van der Waals surface area contributed by atoms with E-state index in [0.29, 0.717) is 42.7 Å². The molecule has 11 heteroatoms. The van der Waals surface area contributed by atoms with Gasteiger partial charge in [0.05, 0.1) is 17.5 Å². The first-order valence-electron chi connectivity index (χ1n) is 16.1. The van der Waals surface area contributed by atoms with Gasteiger partial charge in [-0.15, -0.1) is 0 Å². The third kappa shape index (κ3) is 8.74. The summed E-state index contributed by atoms with van der Waals surface area (Å²) in [5.41, 5.74) is -2.54. The summed E-state index contributed by atoms with van der Waals surface area (Å²) in [5.74, 6) is -0.474. The van der Waals surface area contributed by atoms with Crippen LogP contribution in [0.25, 0.3) is 0 Å². The normalized spacial score (nSPS) is 23.2. The number of hydrogen-bond donors (Lipinski definition) is 0. The molecule has 4 nitrogen and oxygen atoms in total. The van der Waals surface area contributed by atoms with Crippen LogP contribution in [0.15, 0.2) is 42.5 Å². The van der Waals surface area contributed by atoms with E-state index in [2.05, 4.69) is 9.80 Å². The predicted molar refractivity (Wildman–Crippen MR) is 163 cm³/mol. The number of rotatable bonds is 7. The minimum atomic E-state index is -4.97. The number of hydrogen-bond acceptors (Lipinski definition) is 3. The molecule has 3 saturated heterocycles. The summed E-state index contributed by atoms with van der Waals surface area (Å²) in [6, 6.07) is 9.68. The van der Waals surface area contributed by atoms with Crippen LogP contribution in [0.3, 0.4) is 0 Å².